The highest BCUT2D eigenvalue weighted by molar-refractivity contribution is 6.42. The van der Waals surface area contributed by atoms with Crippen molar-refractivity contribution in [2.45, 2.75) is 0 Å². The number of hydrogen-bond donors (Lipinski definition) is 2. The molecule has 0 aliphatic carbocycles. The Bertz CT molecular complexity index is 871. The van der Waals surface area contributed by atoms with Crippen molar-refractivity contribution >= 4 is 46.3 Å². The summed E-state index contributed by atoms with van der Waals surface area (Å²) < 4.78 is 27.3. The zero-order chi connectivity index (χ0) is 17.1. The maximum atomic E-state index is 13.7. The maximum Gasteiger partial charge on any atom is 0.249 e. The van der Waals surface area contributed by atoms with Crippen LogP contribution in [0.5, 0.6) is 0 Å². The van der Waals surface area contributed by atoms with Crippen molar-refractivity contribution in [3.05, 3.63) is 64.3 Å². The standard InChI is InChI=1S/C15H9Cl2F2N5/c16-9-5-4-8(6-10(9)17)21-15-23-13(7-20-24-15)22-14-11(18)2-1-3-12(14)19/h1-7H,(H2,21,22,23,24). The van der Waals surface area contributed by atoms with Crippen LogP contribution in [-0.4, -0.2) is 15.2 Å². The molecule has 3 rings (SSSR count). The Labute approximate surface area is 145 Å². The van der Waals surface area contributed by atoms with Gasteiger partial charge in [-0.05, 0) is 30.3 Å². The van der Waals surface area contributed by atoms with Gasteiger partial charge in [0.1, 0.15) is 17.3 Å². The summed E-state index contributed by atoms with van der Waals surface area (Å²) in [7, 11) is 0. The summed E-state index contributed by atoms with van der Waals surface area (Å²) in [4.78, 5) is 4.09. The predicted molar refractivity (Wildman–Crippen MR) is 89.2 cm³/mol. The average Bonchev–Trinajstić information content (AvgIpc) is 2.55. The lowest BCUT2D eigenvalue weighted by molar-refractivity contribution is 0.590. The Hall–Kier alpha value is -2.51. The van der Waals surface area contributed by atoms with Gasteiger partial charge in [-0.2, -0.15) is 10.1 Å². The SMILES string of the molecule is Fc1cccc(F)c1Nc1cnnc(Nc2ccc(Cl)c(Cl)c2)n1. The van der Waals surface area contributed by atoms with E-state index in [1.54, 1.807) is 18.2 Å². The number of benzene rings is 2. The van der Waals surface area contributed by atoms with Gasteiger partial charge in [0, 0.05) is 5.69 Å². The maximum absolute atomic E-state index is 13.7. The van der Waals surface area contributed by atoms with Crippen LogP contribution >= 0.6 is 23.2 Å². The number of para-hydroxylation sites is 1. The number of rotatable bonds is 4. The third-order valence-corrected chi connectivity index (χ3v) is 3.69. The Morgan fingerprint density at radius 2 is 1.67 bits per heavy atom. The summed E-state index contributed by atoms with van der Waals surface area (Å²) in [5.74, 6) is -1.24. The molecular formula is C15H9Cl2F2N5. The fourth-order valence-corrected chi connectivity index (χ4v) is 2.16. The first-order valence-corrected chi connectivity index (χ1v) is 7.41. The molecule has 1 aromatic heterocycles. The molecule has 2 N–H and O–H groups in total. The van der Waals surface area contributed by atoms with Gasteiger partial charge in [-0.3, -0.25) is 0 Å². The number of anilines is 4. The molecule has 0 aliphatic rings. The van der Waals surface area contributed by atoms with Crippen LogP contribution in [0.1, 0.15) is 0 Å². The number of aromatic nitrogens is 3. The lowest BCUT2D eigenvalue weighted by atomic mass is 10.3. The van der Waals surface area contributed by atoms with Crippen LogP contribution in [0, 0.1) is 11.6 Å². The van der Waals surface area contributed by atoms with E-state index in [-0.39, 0.29) is 17.5 Å². The second kappa shape index (κ2) is 6.94. The first-order valence-electron chi connectivity index (χ1n) is 6.66. The van der Waals surface area contributed by atoms with E-state index in [1.165, 1.54) is 12.3 Å². The van der Waals surface area contributed by atoms with Crippen molar-refractivity contribution in [3.63, 3.8) is 0 Å². The minimum atomic E-state index is -0.743. The average molecular weight is 368 g/mol. The molecule has 5 nitrogen and oxygen atoms in total. The van der Waals surface area contributed by atoms with Crippen LogP contribution in [0.3, 0.4) is 0 Å². The molecule has 0 fully saturated rings. The first-order chi connectivity index (χ1) is 11.5. The zero-order valence-corrected chi connectivity index (χ0v) is 13.4. The molecule has 0 unspecified atom stereocenters. The second-order valence-electron chi connectivity index (χ2n) is 4.64. The molecule has 0 amide bonds. The topological polar surface area (TPSA) is 62.7 Å². The molecule has 9 heteroatoms. The number of halogens is 4. The molecule has 2 aromatic carbocycles. The molecule has 0 bridgehead atoms. The molecule has 0 radical (unpaired) electrons. The fourth-order valence-electron chi connectivity index (χ4n) is 1.87. The van der Waals surface area contributed by atoms with Crippen molar-refractivity contribution in [1.82, 2.24) is 15.2 Å². The van der Waals surface area contributed by atoms with Crippen LogP contribution in [0.2, 0.25) is 10.0 Å². The van der Waals surface area contributed by atoms with Gasteiger partial charge < -0.3 is 10.6 Å². The molecule has 3 aromatic rings. The van der Waals surface area contributed by atoms with E-state index in [0.717, 1.165) is 12.1 Å². The van der Waals surface area contributed by atoms with Gasteiger partial charge in [0.2, 0.25) is 5.95 Å². The minimum Gasteiger partial charge on any atom is -0.334 e. The monoisotopic (exact) mass is 367 g/mol. The molecule has 1 heterocycles. The Morgan fingerprint density at radius 1 is 0.917 bits per heavy atom. The molecule has 0 spiro atoms. The Morgan fingerprint density at radius 3 is 2.38 bits per heavy atom. The van der Waals surface area contributed by atoms with E-state index in [4.69, 9.17) is 23.2 Å². The molecule has 0 aliphatic heterocycles. The van der Waals surface area contributed by atoms with E-state index < -0.39 is 11.6 Å². The molecule has 0 saturated heterocycles. The van der Waals surface area contributed by atoms with E-state index in [2.05, 4.69) is 25.8 Å². The smallest absolute Gasteiger partial charge is 0.249 e. The molecule has 0 atom stereocenters. The highest BCUT2D eigenvalue weighted by Crippen LogP contribution is 2.26. The van der Waals surface area contributed by atoms with Crippen molar-refractivity contribution in [1.29, 1.82) is 0 Å². The minimum absolute atomic E-state index is 0.120. The van der Waals surface area contributed by atoms with E-state index >= 15 is 0 Å². The van der Waals surface area contributed by atoms with Gasteiger partial charge in [-0.1, -0.05) is 29.3 Å². The number of nitrogens with zero attached hydrogens (tertiary/aromatic N) is 3. The van der Waals surface area contributed by atoms with E-state index in [0.29, 0.717) is 15.7 Å². The fraction of sp³-hybridized carbons (Fsp3) is 0. The summed E-state index contributed by atoms with van der Waals surface area (Å²) in [5, 5.41) is 13.7. The Kier molecular flexibility index (Phi) is 4.73. The van der Waals surface area contributed by atoms with Crippen molar-refractivity contribution in [2.75, 3.05) is 10.6 Å². The quantitative estimate of drug-likeness (QED) is 0.683. The summed E-state index contributed by atoms with van der Waals surface area (Å²) in [6.07, 6.45) is 1.24. The lowest BCUT2D eigenvalue weighted by Gasteiger charge is -2.09. The van der Waals surface area contributed by atoms with Crippen LogP contribution < -0.4 is 10.6 Å². The summed E-state index contributed by atoms with van der Waals surface area (Å²) >= 11 is 11.8. The third-order valence-electron chi connectivity index (χ3n) is 2.95. The molecule has 122 valence electrons. The zero-order valence-electron chi connectivity index (χ0n) is 11.9. The predicted octanol–water partition coefficient (Wildman–Crippen LogP) is 4.94. The molecular weight excluding hydrogens is 359 g/mol. The lowest BCUT2D eigenvalue weighted by Crippen LogP contribution is -2.04. The van der Waals surface area contributed by atoms with E-state index in [1.807, 2.05) is 0 Å². The normalized spacial score (nSPS) is 10.5. The third kappa shape index (κ3) is 3.69. The Balaban J connectivity index is 1.82. The van der Waals surface area contributed by atoms with E-state index in [9.17, 15) is 8.78 Å². The summed E-state index contributed by atoms with van der Waals surface area (Å²) in [6.45, 7) is 0. The van der Waals surface area contributed by atoms with Gasteiger partial charge in [0.05, 0.1) is 16.2 Å². The number of nitrogens with one attached hydrogen (secondary N) is 2. The van der Waals surface area contributed by atoms with Gasteiger partial charge in [0.25, 0.3) is 0 Å². The van der Waals surface area contributed by atoms with Gasteiger partial charge >= 0.3 is 0 Å². The van der Waals surface area contributed by atoms with Crippen molar-refractivity contribution in [2.24, 2.45) is 0 Å². The highest BCUT2D eigenvalue weighted by Gasteiger charge is 2.10. The molecule has 0 saturated carbocycles. The van der Waals surface area contributed by atoms with Crippen LogP contribution in [0.25, 0.3) is 0 Å². The molecule has 24 heavy (non-hydrogen) atoms. The van der Waals surface area contributed by atoms with Gasteiger partial charge in [-0.25, -0.2) is 8.78 Å². The summed E-state index contributed by atoms with van der Waals surface area (Å²) in [6, 6.07) is 8.41. The largest absolute Gasteiger partial charge is 0.334 e. The van der Waals surface area contributed by atoms with Gasteiger partial charge in [-0.15, -0.1) is 5.10 Å². The van der Waals surface area contributed by atoms with Gasteiger partial charge in [0.15, 0.2) is 5.82 Å². The second-order valence-corrected chi connectivity index (χ2v) is 5.46. The van der Waals surface area contributed by atoms with Crippen molar-refractivity contribution in [3.8, 4) is 0 Å². The van der Waals surface area contributed by atoms with Crippen LogP contribution in [-0.2, 0) is 0 Å². The van der Waals surface area contributed by atoms with Crippen LogP contribution in [0.4, 0.5) is 31.9 Å². The first kappa shape index (κ1) is 16.4. The number of hydrogen-bond acceptors (Lipinski definition) is 5. The van der Waals surface area contributed by atoms with Crippen LogP contribution in [0.15, 0.2) is 42.6 Å². The highest BCUT2D eigenvalue weighted by atomic mass is 35.5. The van der Waals surface area contributed by atoms with Crippen molar-refractivity contribution < 1.29 is 8.78 Å². The summed E-state index contributed by atoms with van der Waals surface area (Å²) in [5.41, 5.74) is 0.263.